The number of carbonyl (C=O) groups is 2. The molecule has 18 heavy (non-hydrogen) atoms. The molecule has 0 spiro atoms. The molecule has 0 bridgehead atoms. The number of hydrogen-bond acceptors (Lipinski definition) is 3. The van der Waals surface area contributed by atoms with Gasteiger partial charge < -0.3 is 16.4 Å². The predicted molar refractivity (Wildman–Crippen MR) is 68.9 cm³/mol. The number of amides is 2. The summed E-state index contributed by atoms with van der Waals surface area (Å²) in [5, 5.41) is 5.50. The molecule has 2 amide bonds. The number of nitrogen functional groups attached to an aromatic ring is 1. The van der Waals surface area contributed by atoms with E-state index in [2.05, 4.69) is 10.6 Å². The first-order valence-corrected chi connectivity index (χ1v) is 6.03. The van der Waals surface area contributed by atoms with Crippen LogP contribution < -0.4 is 16.4 Å². The molecule has 0 aromatic heterocycles. The third-order valence-electron chi connectivity index (χ3n) is 2.84. The maximum absolute atomic E-state index is 11.8. The monoisotopic (exact) mass is 247 g/mol. The van der Waals surface area contributed by atoms with Gasteiger partial charge in [0.05, 0.1) is 0 Å². The zero-order chi connectivity index (χ0) is 13.1. The van der Waals surface area contributed by atoms with Gasteiger partial charge in [0.25, 0.3) is 5.91 Å². The SMILES string of the molecule is CC(NC(=O)c1ccc(N)cc1)C(=O)NC1CC1. The van der Waals surface area contributed by atoms with E-state index in [0.717, 1.165) is 12.8 Å². The van der Waals surface area contributed by atoms with Gasteiger partial charge in [-0.1, -0.05) is 0 Å². The number of nitrogens with one attached hydrogen (secondary N) is 2. The quantitative estimate of drug-likeness (QED) is 0.683. The van der Waals surface area contributed by atoms with Crippen molar-refractivity contribution >= 4 is 17.5 Å². The van der Waals surface area contributed by atoms with Crippen LogP contribution in [-0.4, -0.2) is 23.9 Å². The van der Waals surface area contributed by atoms with Gasteiger partial charge in [0, 0.05) is 17.3 Å². The van der Waals surface area contributed by atoms with Crippen molar-refractivity contribution < 1.29 is 9.59 Å². The van der Waals surface area contributed by atoms with Gasteiger partial charge in [0.2, 0.25) is 5.91 Å². The van der Waals surface area contributed by atoms with E-state index in [4.69, 9.17) is 5.73 Å². The lowest BCUT2D eigenvalue weighted by Crippen LogP contribution is -2.45. The Labute approximate surface area is 106 Å². The number of rotatable bonds is 4. The molecule has 1 unspecified atom stereocenters. The van der Waals surface area contributed by atoms with Gasteiger partial charge in [-0.05, 0) is 44.0 Å². The Morgan fingerprint density at radius 2 is 1.89 bits per heavy atom. The Bertz CT molecular complexity index is 452. The van der Waals surface area contributed by atoms with Gasteiger partial charge in [-0.2, -0.15) is 0 Å². The molecule has 1 aliphatic carbocycles. The Morgan fingerprint density at radius 3 is 2.44 bits per heavy atom. The number of nitrogens with two attached hydrogens (primary N) is 1. The summed E-state index contributed by atoms with van der Waals surface area (Å²) in [6.45, 7) is 1.67. The molecule has 0 heterocycles. The number of hydrogen-bond donors (Lipinski definition) is 3. The summed E-state index contributed by atoms with van der Waals surface area (Å²) in [4.78, 5) is 23.5. The minimum Gasteiger partial charge on any atom is -0.399 e. The van der Waals surface area contributed by atoms with E-state index in [1.165, 1.54) is 0 Å². The summed E-state index contributed by atoms with van der Waals surface area (Å²) in [5.74, 6) is -0.408. The van der Waals surface area contributed by atoms with E-state index in [-0.39, 0.29) is 11.8 Å². The molecule has 0 saturated heterocycles. The number of carbonyl (C=O) groups excluding carboxylic acids is 2. The molecule has 4 N–H and O–H groups in total. The highest BCUT2D eigenvalue weighted by atomic mass is 16.2. The first kappa shape index (κ1) is 12.4. The molecule has 5 heteroatoms. The average Bonchev–Trinajstić information content (AvgIpc) is 3.13. The van der Waals surface area contributed by atoms with Crippen molar-refractivity contribution in [1.82, 2.24) is 10.6 Å². The minimum atomic E-state index is -0.532. The standard InChI is InChI=1S/C13H17N3O2/c1-8(12(17)16-11-6-7-11)15-13(18)9-2-4-10(14)5-3-9/h2-5,8,11H,6-7,14H2,1H3,(H,15,18)(H,16,17). The fourth-order valence-corrected chi connectivity index (χ4v) is 1.53. The normalized spacial score (nSPS) is 15.8. The molecule has 96 valence electrons. The molecule has 0 aliphatic heterocycles. The van der Waals surface area contributed by atoms with Crippen molar-refractivity contribution in [3.8, 4) is 0 Å². The smallest absolute Gasteiger partial charge is 0.251 e. The zero-order valence-corrected chi connectivity index (χ0v) is 10.3. The van der Waals surface area contributed by atoms with Gasteiger partial charge in [-0.3, -0.25) is 9.59 Å². The fourth-order valence-electron chi connectivity index (χ4n) is 1.53. The third-order valence-corrected chi connectivity index (χ3v) is 2.84. The Morgan fingerprint density at radius 1 is 1.28 bits per heavy atom. The highest BCUT2D eigenvalue weighted by molar-refractivity contribution is 5.97. The van der Waals surface area contributed by atoms with Crippen molar-refractivity contribution in [3.63, 3.8) is 0 Å². The van der Waals surface area contributed by atoms with Crippen LogP contribution in [0.3, 0.4) is 0 Å². The molecule has 1 atom stereocenters. The second-order valence-electron chi connectivity index (χ2n) is 4.60. The van der Waals surface area contributed by atoms with Crippen LogP contribution in [-0.2, 0) is 4.79 Å². The van der Waals surface area contributed by atoms with Crippen LogP contribution in [0.25, 0.3) is 0 Å². The van der Waals surface area contributed by atoms with Crippen molar-refractivity contribution in [3.05, 3.63) is 29.8 Å². The Balaban J connectivity index is 1.89. The number of benzene rings is 1. The van der Waals surface area contributed by atoms with Crippen molar-refractivity contribution in [2.24, 2.45) is 0 Å². The third kappa shape index (κ3) is 3.23. The molecule has 2 rings (SSSR count). The van der Waals surface area contributed by atoms with E-state index in [0.29, 0.717) is 17.3 Å². The Hall–Kier alpha value is -2.04. The summed E-state index contributed by atoms with van der Waals surface area (Å²) in [5.41, 5.74) is 6.64. The highest BCUT2D eigenvalue weighted by Crippen LogP contribution is 2.18. The van der Waals surface area contributed by atoms with Crippen molar-refractivity contribution in [1.29, 1.82) is 0 Å². The van der Waals surface area contributed by atoms with Crippen LogP contribution in [0.2, 0.25) is 0 Å². The first-order chi connectivity index (χ1) is 8.56. The summed E-state index contributed by atoms with van der Waals surface area (Å²) >= 11 is 0. The van der Waals surface area contributed by atoms with Crippen LogP contribution in [0.5, 0.6) is 0 Å². The Kier molecular flexibility index (Phi) is 3.50. The molecule has 1 fully saturated rings. The van der Waals surface area contributed by atoms with Crippen LogP contribution >= 0.6 is 0 Å². The minimum absolute atomic E-state index is 0.138. The molecular weight excluding hydrogens is 230 g/mol. The fraction of sp³-hybridized carbons (Fsp3) is 0.385. The second-order valence-corrected chi connectivity index (χ2v) is 4.60. The zero-order valence-electron chi connectivity index (χ0n) is 10.3. The van der Waals surface area contributed by atoms with E-state index in [1.807, 2.05) is 0 Å². The predicted octanol–water partition coefficient (Wildman–Crippen LogP) is 0.666. The van der Waals surface area contributed by atoms with E-state index < -0.39 is 6.04 Å². The highest BCUT2D eigenvalue weighted by Gasteiger charge is 2.26. The largest absolute Gasteiger partial charge is 0.399 e. The van der Waals surface area contributed by atoms with Gasteiger partial charge in [0.15, 0.2) is 0 Å². The van der Waals surface area contributed by atoms with E-state index in [1.54, 1.807) is 31.2 Å². The van der Waals surface area contributed by atoms with Gasteiger partial charge in [-0.15, -0.1) is 0 Å². The topological polar surface area (TPSA) is 84.2 Å². The molecule has 1 aliphatic rings. The van der Waals surface area contributed by atoms with E-state index >= 15 is 0 Å². The second kappa shape index (κ2) is 5.08. The molecule has 1 aromatic rings. The van der Waals surface area contributed by atoms with E-state index in [9.17, 15) is 9.59 Å². The number of anilines is 1. The molecule has 0 radical (unpaired) electrons. The maximum atomic E-state index is 11.8. The lowest BCUT2D eigenvalue weighted by Gasteiger charge is -2.13. The maximum Gasteiger partial charge on any atom is 0.251 e. The lowest BCUT2D eigenvalue weighted by molar-refractivity contribution is -0.122. The van der Waals surface area contributed by atoms with Crippen LogP contribution in [0.4, 0.5) is 5.69 Å². The molecule has 5 nitrogen and oxygen atoms in total. The molecular formula is C13H17N3O2. The van der Waals surface area contributed by atoms with Crippen LogP contribution in [0, 0.1) is 0 Å². The first-order valence-electron chi connectivity index (χ1n) is 6.03. The average molecular weight is 247 g/mol. The van der Waals surface area contributed by atoms with Crippen molar-refractivity contribution in [2.45, 2.75) is 31.8 Å². The van der Waals surface area contributed by atoms with Crippen LogP contribution in [0.15, 0.2) is 24.3 Å². The molecule has 1 saturated carbocycles. The summed E-state index contributed by atoms with van der Waals surface area (Å²) in [6, 6.07) is 6.35. The summed E-state index contributed by atoms with van der Waals surface area (Å²) < 4.78 is 0. The summed E-state index contributed by atoms with van der Waals surface area (Å²) in [7, 11) is 0. The lowest BCUT2D eigenvalue weighted by atomic mass is 10.2. The van der Waals surface area contributed by atoms with Crippen LogP contribution in [0.1, 0.15) is 30.1 Å². The van der Waals surface area contributed by atoms with Gasteiger partial charge in [-0.25, -0.2) is 0 Å². The van der Waals surface area contributed by atoms with Gasteiger partial charge >= 0.3 is 0 Å². The summed E-state index contributed by atoms with van der Waals surface area (Å²) in [6.07, 6.45) is 2.06. The van der Waals surface area contributed by atoms with Crippen molar-refractivity contribution in [2.75, 3.05) is 5.73 Å². The molecule has 1 aromatic carbocycles. The van der Waals surface area contributed by atoms with Gasteiger partial charge in [0.1, 0.15) is 6.04 Å².